The maximum Gasteiger partial charge on any atom is 0.233 e. The van der Waals surface area contributed by atoms with Crippen molar-refractivity contribution < 1.29 is 9.59 Å². The summed E-state index contributed by atoms with van der Waals surface area (Å²) in [5, 5.41) is 3.39. The molecule has 0 radical (unpaired) electrons. The summed E-state index contributed by atoms with van der Waals surface area (Å²) < 4.78 is 0. The van der Waals surface area contributed by atoms with Crippen LogP contribution in [0.1, 0.15) is 46.0 Å². The van der Waals surface area contributed by atoms with Crippen molar-refractivity contribution in [2.75, 3.05) is 6.54 Å². The highest BCUT2D eigenvalue weighted by molar-refractivity contribution is 6.05. The highest BCUT2D eigenvalue weighted by atomic mass is 16.2. The molecule has 0 spiro atoms. The van der Waals surface area contributed by atoms with E-state index in [0.717, 1.165) is 38.6 Å². The number of imide groups is 1. The molecule has 0 aromatic carbocycles. The van der Waals surface area contributed by atoms with Gasteiger partial charge in [0.25, 0.3) is 0 Å². The van der Waals surface area contributed by atoms with Crippen LogP contribution in [0.5, 0.6) is 0 Å². The summed E-state index contributed by atoms with van der Waals surface area (Å²) in [6.45, 7) is 5.25. The number of hydrogen-bond acceptors (Lipinski definition) is 3. The SMILES string of the molecule is CCC1CC2C(=O)N(C3CCCNC3C)C(=O)C2C1. The van der Waals surface area contributed by atoms with Crippen molar-refractivity contribution in [3.63, 3.8) is 0 Å². The lowest BCUT2D eigenvalue weighted by atomic mass is 9.97. The molecule has 1 N–H and O–H groups in total. The van der Waals surface area contributed by atoms with Crippen LogP contribution in [-0.4, -0.2) is 35.3 Å². The van der Waals surface area contributed by atoms with E-state index < -0.39 is 0 Å². The Morgan fingerprint density at radius 1 is 1.21 bits per heavy atom. The van der Waals surface area contributed by atoms with Crippen LogP contribution in [0.2, 0.25) is 0 Å². The maximum absolute atomic E-state index is 12.6. The molecule has 0 aromatic rings. The Bertz CT molecular complexity index is 372. The van der Waals surface area contributed by atoms with Crippen molar-refractivity contribution >= 4 is 11.8 Å². The van der Waals surface area contributed by atoms with E-state index in [1.54, 1.807) is 4.90 Å². The van der Waals surface area contributed by atoms with Gasteiger partial charge in [-0.25, -0.2) is 0 Å². The highest BCUT2D eigenvalue weighted by Gasteiger charge is 2.54. The molecule has 4 atom stereocenters. The number of nitrogens with one attached hydrogen (secondary N) is 1. The fraction of sp³-hybridized carbons (Fsp3) is 0.867. The van der Waals surface area contributed by atoms with Crippen molar-refractivity contribution in [3.05, 3.63) is 0 Å². The Kier molecular flexibility index (Phi) is 3.37. The van der Waals surface area contributed by atoms with Gasteiger partial charge in [-0.2, -0.15) is 0 Å². The number of fused-ring (bicyclic) bond motifs is 1. The van der Waals surface area contributed by atoms with Gasteiger partial charge in [0.2, 0.25) is 11.8 Å². The molecule has 3 aliphatic rings. The van der Waals surface area contributed by atoms with Crippen LogP contribution in [0.4, 0.5) is 0 Å². The summed E-state index contributed by atoms with van der Waals surface area (Å²) >= 11 is 0. The second-order valence-electron chi connectivity index (χ2n) is 6.46. The molecule has 1 saturated carbocycles. The van der Waals surface area contributed by atoms with Crippen LogP contribution in [0.3, 0.4) is 0 Å². The molecule has 2 saturated heterocycles. The number of carbonyl (C=O) groups is 2. The molecule has 19 heavy (non-hydrogen) atoms. The fourth-order valence-corrected chi connectivity index (χ4v) is 4.19. The summed E-state index contributed by atoms with van der Waals surface area (Å²) in [5.74, 6) is 0.795. The molecule has 3 rings (SSSR count). The molecule has 4 nitrogen and oxygen atoms in total. The Morgan fingerprint density at radius 3 is 2.37 bits per heavy atom. The van der Waals surface area contributed by atoms with Gasteiger partial charge in [0.1, 0.15) is 0 Å². The van der Waals surface area contributed by atoms with Crippen molar-refractivity contribution in [2.45, 2.75) is 58.0 Å². The summed E-state index contributed by atoms with van der Waals surface area (Å²) in [6, 6.07) is 0.321. The number of piperidine rings is 1. The van der Waals surface area contributed by atoms with Gasteiger partial charge in [-0.1, -0.05) is 13.3 Å². The van der Waals surface area contributed by atoms with Crippen LogP contribution in [-0.2, 0) is 9.59 Å². The Balaban J connectivity index is 1.78. The predicted molar refractivity (Wildman–Crippen MR) is 72.3 cm³/mol. The second kappa shape index (κ2) is 4.89. The zero-order valence-corrected chi connectivity index (χ0v) is 11.9. The number of rotatable bonds is 2. The van der Waals surface area contributed by atoms with Gasteiger partial charge in [0.15, 0.2) is 0 Å². The van der Waals surface area contributed by atoms with Gasteiger partial charge in [-0.05, 0) is 45.1 Å². The van der Waals surface area contributed by atoms with E-state index in [0.29, 0.717) is 5.92 Å². The molecule has 2 aliphatic heterocycles. The molecule has 0 bridgehead atoms. The van der Waals surface area contributed by atoms with E-state index in [1.807, 2.05) is 0 Å². The van der Waals surface area contributed by atoms with Gasteiger partial charge in [-0.3, -0.25) is 14.5 Å². The average molecular weight is 264 g/mol. The van der Waals surface area contributed by atoms with Gasteiger partial charge < -0.3 is 5.32 Å². The lowest BCUT2D eigenvalue weighted by Gasteiger charge is -2.36. The van der Waals surface area contributed by atoms with E-state index in [1.165, 1.54) is 0 Å². The highest BCUT2D eigenvalue weighted by Crippen LogP contribution is 2.45. The van der Waals surface area contributed by atoms with Gasteiger partial charge >= 0.3 is 0 Å². The topological polar surface area (TPSA) is 49.4 Å². The molecular formula is C15H24N2O2. The minimum absolute atomic E-state index is 0.00780. The quantitative estimate of drug-likeness (QED) is 0.770. The minimum Gasteiger partial charge on any atom is -0.312 e. The van der Waals surface area contributed by atoms with Gasteiger partial charge in [0, 0.05) is 6.04 Å². The van der Waals surface area contributed by atoms with Crippen molar-refractivity contribution in [2.24, 2.45) is 17.8 Å². The number of amides is 2. The molecule has 4 unspecified atom stereocenters. The second-order valence-corrected chi connectivity index (χ2v) is 6.46. The normalized spacial score (nSPS) is 42.8. The Labute approximate surface area is 114 Å². The van der Waals surface area contributed by atoms with E-state index in [4.69, 9.17) is 0 Å². The number of carbonyl (C=O) groups excluding carboxylic acids is 2. The van der Waals surface area contributed by atoms with E-state index >= 15 is 0 Å². The van der Waals surface area contributed by atoms with E-state index in [9.17, 15) is 9.59 Å². The standard InChI is InChI=1S/C15H24N2O2/c1-3-10-7-11-12(8-10)15(19)17(14(11)18)13-5-4-6-16-9(13)2/h9-13,16H,3-8H2,1-2H3. The maximum atomic E-state index is 12.6. The monoisotopic (exact) mass is 264 g/mol. The van der Waals surface area contributed by atoms with Crippen molar-refractivity contribution in [1.82, 2.24) is 10.2 Å². The van der Waals surface area contributed by atoms with Crippen LogP contribution in [0.25, 0.3) is 0 Å². The molecule has 2 amide bonds. The molecule has 106 valence electrons. The number of nitrogens with zero attached hydrogens (tertiary/aromatic N) is 1. The van der Waals surface area contributed by atoms with E-state index in [-0.39, 0.29) is 35.7 Å². The number of hydrogen-bond donors (Lipinski definition) is 1. The first-order chi connectivity index (χ1) is 9.13. The number of likely N-dealkylation sites (tertiary alicyclic amines) is 1. The molecule has 0 aromatic heterocycles. The molecular weight excluding hydrogens is 240 g/mol. The lowest BCUT2D eigenvalue weighted by Crippen LogP contribution is -2.54. The first-order valence-corrected chi connectivity index (χ1v) is 7.73. The molecule has 2 heterocycles. The Morgan fingerprint density at radius 2 is 1.84 bits per heavy atom. The third-order valence-electron chi connectivity index (χ3n) is 5.40. The fourth-order valence-electron chi connectivity index (χ4n) is 4.19. The van der Waals surface area contributed by atoms with Crippen LogP contribution >= 0.6 is 0 Å². The van der Waals surface area contributed by atoms with Crippen LogP contribution in [0.15, 0.2) is 0 Å². The first-order valence-electron chi connectivity index (χ1n) is 7.73. The van der Waals surface area contributed by atoms with Gasteiger partial charge in [-0.15, -0.1) is 0 Å². The van der Waals surface area contributed by atoms with E-state index in [2.05, 4.69) is 19.2 Å². The third kappa shape index (κ3) is 2.00. The predicted octanol–water partition coefficient (Wildman–Crippen LogP) is 1.55. The summed E-state index contributed by atoms with van der Waals surface area (Å²) in [4.78, 5) is 26.8. The smallest absolute Gasteiger partial charge is 0.233 e. The van der Waals surface area contributed by atoms with Crippen molar-refractivity contribution in [3.8, 4) is 0 Å². The van der Waals surface area contributed by atoms with Crippen LogP contribution < -0.4 is 5.32 Å². The summed E-state index contributed by atoms with van der Waals surface area (Å²) in [5.41, 5.74) is 0. The summed E-state index contributed by atoms with van der Waals surface area (Å²) in [7, 11) is 0. The molecule has 3 fully saturated rings. The lowest BCUT2D eigenvalue weighted by molar-refractivity contribution is -0.144. The largest absolute Gasteiger partial charge is 0.312 e. The first kappa shape index (κ1) is 13.1. The van der Waals surface area contributed by atoms with Crippen molar-refractivity contribution in [1.29, 1.82) is 0 Å². The minimum atomic E-state index is -0.00780. The average Bonchev–Trinajstić information content (AvgIpc) is 2.92. The van der Waals surface area contributed by atoms with Gasteiger partial charge in [0.05, 0.1) is 17.9 Å². The molecule has 1 aliphatic carbocycles. The third-order valence-corrected chi connectivity index (χ3v) is 5.40. The summed E-state index contributed by atoms with van der Waals surface area (Å²) in [6.07, 6.45) is 4.96. The molecule has 4 heteroatoms. The Hall–Kier alpha value is -0.900. The zero-order valence-electron chi connectivity index (χ0n) is 11.9. The van der Waals surface area contributed by atoms with Crippen LogP contribution in [0, 0.1) is 17.8 Å². The zero-order chi connectivity index (χ0) is 13.6.